The molecule has 2 fully saturated rings. The first-order valence-electron chi connectivity index (χ1n) is 11.1. The summed E-state index contributed by atoms with van der Waals surface area (Å²) in [6, 6.07) is 9.81. The summed E-state index contributed by atoms with van der Waals surface area (Å²) >= 11 is 0. The lowest BCUT2D eigenvalue weighted by Crippen LogP contribution is -2.56. The molecule has 1 saturated heterocycles. The van der Waals surface area contributed by atoms with E-state index in [-0.39, 0.29) is 0 Å². The average molecular weight is 355 g/mol. The maximum atomic E-state index is 2.79. The van der Waals surface area contributed by atoms with E-state index in [0.717, 1.165) is 24.4 Å². The molecule has 0 unspecified atom stereocenters. The average Bonchev–Trinajstić information content (AvgIpc) is 2.67. The van der Waals surface area contributed by atoms with Gasteiger partial charge in [0.15, 0.2) is 0 Å². The van der Waals surface area contributed by atoms with E-state index >= 15 is 0 Å². The van der Waals surface area contributed by atoms with Crippen LogP contribution in [0.4, 0.5) is 0 Å². The maximum absolute atomic E-state index is 2.79. The first-order valence-corrected chi connectivity index (χ1v) is 11.1. The van der Waals surface area contributed by atoms with Gasteiger partial charge in [-0.15, -0.1) is 0 Å². The highest BCUT2D eigenvalue weighted by atomic mass is 15.2. The highest BCUT2D eigenvalue weighted by Gasteiger charge is 2.50. The molecule has 1 saturated carbocycles. The predicted octanol–water partition coefficient (Wildman–Crippen LogP) is 4.97. The lowest BCUT2D eigenvalue weighted by molar-refractivity contribution is -0.0791. The number of hydrogen-bond acceptors (Lipinski definition) is 2. The summed E-state index contributed by atoms with van der Waals surface area (Å²) in [6.45, 7) is 14.0. The zero-order valence-corrected chi connectivity index (χ0v) is 17.2. The quantitative estimate of drug-likeness (QED) is 0.736. The van der Waals surface area contributed by atoms with Crippen molar-refractivity contribution in [3.05, 3.63) is 35.4 Å². The third-order valence-corrected chi connectivity index (χ3v) is 8.10. The standard InChI is InChI=1S/C24H38N2/c1-19(26-13-7-4-8-14-26)23-17-22(24(23,2)3)12-16-25-15-11-20-9-5-6-10-21(20)18-25/h5-6,9-10,19,22-23H,4,7-8,11-18H2,1-3H3/t19-,22-,23-/m0/s1. The van der Waals surface area contributed by atoms with Crippen LogP contribution in [0.5, 0.6) is 0 Å². The van der Waals surface area contributed by atoms with Crippen LogP contribution in [0.2, 0.25) is 0 Å². The van der Waals surface area contributed by atoms with Crippen molar-refractivity contribution in [3.63, 3.8) is 0 Å². The first kappa shape index (κ1) is 18.5. The van der Waals surface area contributed by atoms with Gasteiger partial charge in [0.05, 0.1) is 0 Å². The molecular formula is C24H38N2. The van der Waals surface area contributed by atoms with E-state index in [1.807, 2.05) is 0 Å². The molecule has 2 aliphatic heterocycles. The topological polar surface area (TPSA) is 6.48 Å². The summed E-state index contributed by atoms with van der Waals surface area (Å²) in [4.78, 5) is 5.48. The van der Waals surface area contributed by atoms with Gasteiger partial charge in [-0.2, -0.15) is 0 Å². The smallest absolute Gasteiger partial charge is 0.0236 e. The molecule has 3 atom stereocenters. The molecule has 0 spiro atoms. The molecule has 0 radical (unpaired) electrons. The predicted molar refractivity (Wildman–Crippen MR) is 110 cm³/mol. The molecule has 26 heavy (non-hydrogen) atoms. The third kappa shape index (κ3) is 3.60. The molecule has 144 valence electrons. The number of benzene rings is 1. The molecule has 3 aliphatic rings. The Morgan fingerprint density at radius 1 is 1.04 bits per heavy atom. The maximum Gasteiger partial charge on any atom is 0.0236 e. The van der Waals surface area contributed by atoms with E-state index in [4.69, 9.17) is 0 Å². The van der Waals surface area contributed by atoms with Crippen LogP contribution in [-0.2, 0) is 13.0 Å². The zero-order chi connectivity index (χ0) is 18.1. The Hall–Kier alpha value is -0.860. The lowest BCUT2D eigenvalue weighted by Gasteiger charge is -2.57. The van der Waals surface area contributed by atoms with Crippen LogP contribution >= 0.6 is 0 Å². The molecule has 2 heterocycles. The van der Waals surface area contributed by atoms with Crippen molar-refractivity contribution in [2.45, 2.75) is 71.9 Å². The second-order valence-electron chi connectivity index (χ2n) is 9.78. The molecule has 1 aromatic carbocycles. The number of hydrogen-bond donors (Lipinski definition) is 0. The zero-order valence-electron chi connectivity index (χ0n) is 17.2. The van der Waals surface area contributed by atoms with Crippen LogP contribution in [0.1, 0.15) is 64.0 Å². The van der Waals surface area contributed by atoms with Gasteiger partial charge in [-0.3, -0.25) is 4.90 Å². The van der Waals surface area contributed by atoms with Crippen LogP contribution in [0, 0.1) is 17.3 Å². The van der Waals surface area contributed by atoms with Crippen LogP contribution in [0.3, 0.4) is 0 Å². The Balaban J connectivity index is 1.28. The SMILES string of the molecule is C[C@@H]([C@@H]1C[C@H](CCN2CCc3ccccc3C2)C1(C)C)N1CCCCC1. The molecule has 0 N–H and O–H groups in total. The van der Waals surface area contributed by atoms with Gasteiger partial charge in [0.1, 0.15) is 0 Å². The fraction of sp³-hybridized carbons (Fsp3) is 0.750. The van der Waals surface area contributed by atoms with E-state index < -0.39 is 0 Å². The number of rotatable bonds is 5. The molecule has 0 bridgehead atoms. The van der Waals surface area contributed by atoms with E-state index in [1.54, 1.807) is 11.1 Å². The van der Waals surface area contributed by atoms with E-state index in [0.29, 0.717) is 5.41 Å². The van der Waals surface area contributed by atoms with Crippen molar-refractivity contribution in [2.24, 2.45) is 17.3 Å². The van der Waals surface area contributed by atoms with Gasteiger partial charge in [-0.25, -0.2) is 0 Å². The van der Waals surface area contributed by atoms with Crippen LogP contribution < -0.4 is 0 Å². The van der Waals surface area contributed by atoms with Crippen molar-refractivity contribution < 1.29 is 0 Å². The van der Waals surface area contributed by atoms with Crippen molar-refractivity contribution >= 4 is 0 Å². The van der Waals surface area contributed by atoms with Crippen molar-refractivity contribution in [2.75, 3.05) is 26.2 Å². The van der Waals surface area contributed by atoms with E-state index in [1.165, 1.54) is 64.7 Å². The third-order valence-electron chi connectivity index (χ3n) is 8.10. The second kappa shape index (κ2) is 7.64. The van der Waals surface area contributed by atoms with E-state index in [2.05, 4.69) is 54.8 Å². The van der Waals surface area contributed by atoms with Crippen molar-refractivity contribution in [1.29, 1.82) is 0 Å². The first-order chi connectivity index (χ1) is 12.6. The summed E-state index contributed by atoms with van der Waals surface area (Å²) < 4.78 is 0. The Bertz CT molecular complexity index is 602. The lowest BCUT2D eigenvalue weighted by atomic mass is 9.51. The molecule has 4 rings (SSSR count). The van der Waals surface area contributed by atoms with Gasteiger partial charge in [-0.05, 0) is 87.0 Å². The number of nitrogens with zero attached hydrogens (tertiary/aromatic N) is 2. The number of piperidine rings is 1. The largest absolute Gasteiger partial charge is 0.300 e. The fourth-order valence-corrected chi connectivity index (χ4v) is 6.03. The van der Waals surface area contributed by atoms with Gasteiger partial charge in [-0.1, -0.05) is 44.5 Å². The summed E-state index contributed by atoms with van der Waals surface area (Å²) in [5.74, 6) is 1.81. The molecular weight excluding hydrogens is 316 g/mol. The summed E-state index contributed by atoms with van der Waals surface area (Å²) in [5, 5.41) is 0. The van der Waals surface area contributed by atoms with Crippen LogP contribution in [0.25, 0.3) is 0 Å². The minimum absolute atomic E-state index is 0.518. The van der Waals surface area contributed by atoms with E-state index in [9.17, 15) is 0 Å². The molecule has 1 aliphatic carbocycles. The van der Waals surface area contributed by atoms with Crippen LogP contribution in [0.15, 0.2) is 24.3 Å². The summed E-state index contributed by atoms with van der Waals surface area (Å²) in [5.41, 5.74) is 3.65. The summed E-state index contributed by atoms with van der Waals surface area (Å²) in [6.07, 6.45) is 8.35. The van der Waals surface area contributed by atoms with Gasteiger partial charge in [0.25, 0.3) is 0 Å². The fourth-order valence-electron chi connectivity index (χ4n) is 6.03. The summed E-state index contributed by atoms with van der Waals surface area (Å²) in [7, 11) is 0. The molecule has 0 aromatic heterocycles. The normalized spacial score (nSPS) is 30.4. The van der Waals surface area contributed by atoms with Crippen molar-refractivity contribution in [1.82, 2.24) is 9.80 Å². The minimum Gasteiger partial charge on any atom is -0.300 e. The molecule has 1 aromatic rings. The Morgan fingerprint density at radius 3 is 2.50 bits per heavy atom. The molecule has 2 heteroatoms. The van der Waals surface area contributed by atoms with Crippen molar-refractivity contribution in [3.8, 4) is 0 Å². The number of fused-ring (bicyclic) bond motifs is 1. The Morgan fingerprint density at radius 2 is 1.77 bits per heavy atom. The van der Waals surface area contributed by atoms with Gasteiger partial charge in [0.2, 0.25) is 0 Å². The second-order valence-corrected chi connectivity index (χ2v) is 9.78. The van der Waals surface area contributed by atoms with Gasteiger partial charge in [0, 0.05) is 19.1 Å². The van der Waals surface area contributed by atoms with Gasteiger partial charge < -0.3 is 4.90 Å². The Kier molecular flexibility index (Phi) is 5.43. The Labute approximate surface area is 161 Å². The minimum atomic E-state index is 0.518. The molecule has 0 amide bonds. The van der Waals surface area contributed by atoms with Gasteiger partial charge >= 0.3 is 0 Å². The monoisotopic (exact) mass is 354 g/mol. The highest BCUT2D eigenvalue weighted by Crippen LogP contribution is 2.55. The van der Waals surface area contributed by atoms with Crippen LogP contribution in [-0.4, -0.2) is 42.0 Å². The molecule has 2 nitrogen and oxygen atoms in total. The number of likely N-dealkylation sites (tertiary alicyclic amines) is 1. The highest BCUT2D eigenvalue weighted by molar-refractivity contribution is 5.29.